The van der Waals surface area contributed by atoms with Gasteiger partial charge in [0.1, 0.15) is 0 Å². The Kier molecular flexibility index (Phi) is 6.35. The number of nitriles is 1. The normalized spacial score (nSPS) is 12.4. The predicted molar refractivity (Wildman–Crippen MR) is 71.8 cm³/mol. The van der Waals surface area contributed by atoms with Crippen molar-refractivity contribution in [3.8, 4) is 6.07 Å². The van der Waals surface area contributed by atoms with Crippen molar-refractivity contribution >= 4 is 0 Å². The highest BCUT2D eigenvalue weighted by Crippen LogP contribution is 2.16. The number of likely N-dealkylation sites (N-methyl/N-ethyl adjacent to an activating group) is 1. The first-order chi connectivity index (χ1) is 8.31. The third-order valence-corrected chi connectivity index (χ3v) is 3.07. The van der Waals surface area contributed by atoms with Crippen LogP contribution in [-0.2, 0) is 0 Å². The maximum atomic E-state index is 9.27. The van der Waals surface area contributed by atoms with E-state index in [1.54, 1.807) is 0 Å². The molecular weight excluding hydrogens is 208 g/mol. The smallest absolute Gasteiger partial charge is 0.0839 e. The zero-order valence-corrected chi connectivity index (χ0v) is 10.9. The Bertz CT molecular complexity index is 340. The molecule has 0 heterocycles. The molecule has 0 saturated carbocycles. The van der Waals surface area contributed by atoms with Crippen molar-refractivity contribution in [1.82, 2.24) is 4.90 Å². The summed E-state index contributed by atoms with van der Waals surface area (Å²) in [6, 6.07) is 12.5. The monoisotopic (exact) mass is 230 g/mol. The summed E-state index contributed by atoms with van der Waals surface area (Å²) >= 11 is 0. The van der Waals surface area contributed by atoms with Gasteiger partial charge in [0.15, 0.2) is 0 Å². The van der Waals surface area contributed by atoms with Gasteiger partial charge >= 0.3 is 0 Å². The molecule has 1 aromatic carbocycles. The Morgan fingerprint density at radius 2 is 1.94 bits per heavy atom. The molecule has 92 valence electrons. The van der Waals surface area contributed by atoms with E-state index in [0.29, 0.717) is 0 Å². The maximum Gasteiger partial charge on any atom is 0.0839 e. The third-order valence-electron chi connectivity index (χ3n) is 3.07. The Balaban J connectivity index is 2.60. The molecule has 0 spiro atoms. The van der Waals surface area contributed by atoms with Gasteiger partial charge in [-0.25, -0.2) is 0 Å². The Morgan fingerprint density at radius 1 is 1.24 bits per heavy atom. The minimum Gasteiger partial charge on any atom is -0.302 e. The molecule has 0 aliphatic heterocycles. The van der Waals surface area contributed by atoms with Crippen LogP contribution in [0.5, 0.6) is 0 Å². The maximum absolute atomic E-state index is 9.27. The molecule has 0 aliphatic carbocycles. The molecule has 0 aromatic heterocycles. The van der Waals surface area contributed by atoms with E-state index in [1.807, 2.05) is 30.3 Å². The van der Waals surface area contributed by atoms with Gasteiger partial charge in [0, 0.05) is 6.54 Å². The summed E-state index contributed by atoms with van der Waals surface area (Å²) in [5.41, 5.74) is 1.13. The topological polar surface area (TPSA) is 27.0 Å². The van der Waals surface area contributed by atoms with Crippen molar-refractivity contribution in [2.75, 3.05) is 19.6 Å². The standard InChI is InChI=1S/C15H22N2/c1-3-5-11-17(4-2)13-15(12-16)14-9-7-6-8-10-14/h6-10,15H,3-5,11,13H2,1-2H3. The van der Waals surface area contributed by atoms with E-state index < -0.39 is 0 Å². The molecule has 1 aromatic rings. The van der Waals surface area contributed by atoms with Crippen molar-refractivity contribution in [1.29, 1.82) is 5.26 Å². The van der Waals surface area contributed by atoms with Crippen LogP contribution in [0.15, 0.2) is 30.3 Å². The second-order valence-corrected chi connectivity index (χ2v) is 4.34. The van der Waals surface area contributed by atoms with Crippen molar-refractivity contribution in [2.45, 2.75) is 32.6 Å². The van der Waals surface area contributed by atoms with Gasteiger partial charge in [-0.3, -0.25) is 0 Å². The average Bonchev–Trinajstić information content (AvgIpc) is 2.40. The van der Waals surface area contributed by atoms with Crippen LogP contribution < -0.4 is 0 Å². The Hall–Kier alpha value is -1.33. The number of nitrogens with zero attached hydrogens (tertiary/aromatic N) is 2. The second kappa shape index (κ2) is 7.86. The molecule has 0 aliphatic rings. The van der Waals surface area contributed by atoms with Gasteiger partial charge < -0.3 is 4.90 Å². The van der Waals surface area contributed by atoms with Crippen LogP contribution in [0.25, 0.3) is 0 Å². The lowest BCUT2D eigenvalue weighted by Crippen LogP contribution is -2.29. The summed E-state index contributed by atoms with van der Waals surface area (Å²) in [6.07, 6.45) is 2.42. The average molecular weight is 230 g/mol. The highest BCUT2D eigenvalue weighted by Gasteiger charge is 2.13. The van der Waals surface area contributed by atoms with E-state index in [2.05, 4.69) is 24.8 Å². The zero-order valence-electron chi connectivity index (χ0n) is 10.9. The van der Waals surface area contributed by atoms with Crippen LogP contribution in [0.1, 0.15) is 38.2 Å². The van der Waals surface area contributed by atoms with E-state index in [9.17, 15) is 5.26 Å². The van der Waals surface area contributed by atoms with Crippen molar-refractivity contribution in [3.05, 3.63) is 35.9 Å². The van der Waals surface area contributed by atoms with Gasteiger partial charge in [-0.15, -0.1) is 0 Å². The van der Waals surface area contributed by atoms with E-state index >= 15 is 0 Å². The third kappa shape index (κ3) is 4.58. The highest BCUT2D eigenvalue weighted by atomic mass is 15.1. The number of hydrogen-bond donors (Lipinski definition) is 0. The fourth-order valence-electron chi connectivity index (χ4n) is 1.92. The zero-order chi connectivity index (χ0) is 12.5. The number of unbranched alkanes of at least 4 members (excludes halogenated alkanes) is 1. The molecule has 2 nitrogen and oxygen atoms in total. The summed E-state index contributed by atoms with van der Waals surface area (Å²) in [7, 11) is 0. The van der Waals surface area contributed by atoms with Gasteiger partial charge in [0.2, 0.25) is 0 Å². The fraction of sp³-hybridized carbons (Fsp3) is 0.533. The molecule has 2 heteroatoms. The molecular formula is C15H22N2. The quantitative estimate of drug-likeness (QED) is 0.717. The van der Waals surface area contributed by atoms with E-state index in [-0.39, 0.29) is 5.92 Å². The largest absolute Gasteiger partial charge is 0.302 e. The lowest BCUT2D eigenvalue weighted by atomic mass is 10.00. The van der Waals surface area contributed by atoms with Crippen LogP contribution in [0.3, 0.4) is 0 Å². The first-order valence-corrected chi connectivity index (χ1v) is 6.48. The predicted octanol–water partition coefficient (Wildman–Crippen LogP) is 3.42. The lowest BCUT2D eigenvalue weighted by Gasteiger charge is -2.22. The molecule has 0 saturated heterocycles. The van der Waals surface area contributed by atoms with Crippen LogP contribution >= 0.6 is 0 Å². The van der Waals surface area contributed by atoms with Gasteiger partial charge in [-0.2, -0.15) is 5.26 Å². The number of hydrogen-bond acceptors (Lipinski definition) is 2. The summed E-state index contributed by atoms with van der Waals surface area (Å²) < 4.78 is 0. The van der Waals surface area contributed by atoms with Crippen LogP contribution in [-0.4, -0.2) is 24.5 Å². The fourth-order valence-corrected chi connectivity index (χ4v) is 1.92. The minimum atomic E-state index is -0.00648. The van der Waals surface area contributed by atoms with E-state index in [0.717, 1.165) is 25.2 Å². The van der Waals surface area contributed by atoms with Crippen LogP contribution in [0.4, 0.5) is 0 Å². The minimum absolute atomic E-state index is 0.00648. The first-order valence-electron chi connectivity index (χ1n) is 6.48. The molecule has 1 unspecified atom stereocenters. The van der Waals surface area contributed by atoms with Crippen LogP contribution in [0.2, 0.25) is 0 Å². The van der Waals surface area contributed by atoms with Crippen molar-refractivity contribution < 1.29 is 0 Å². The summed E-state index contributed by atoms with van der Waals surface area (Å²) in [6.45, 7) is 7.32. The summed E-state index contributed by atoms with van der Waals surface area (Å²) in [5, 5.41) is 9.27. The molecule has 0 N–H and O–H groups in total. The first kappa shape index (κ1) is 13.7. The summed E-state index contributed by atoms with van der Waals surface area (Å²) in [5.74, 6) is -0.00648. The molecule has 0 fully saturated rings. The van der Waals surface area contributed by atoms with Crippen molar-refractivity contribution in [3.63, 3.8) is 0 Å². The van der Waals surface area contributed by atoms with Gasteiger partial charge in [-0.1, -0.05) is 50.6 Å². The SMILES string of the molecule is CCCCN(CC)CC(C#N)c1ccccc1. The Labute approximate surface area is 105 Å². The molecule has 0 bridgehead atoms. The van der Waals surface area contributed by atoms with E-state index in [4.69, 9.17) is 0 Å². The Morgan fingerprint density at radius 3 is 2.47 bits per heavy atom. The number of rotatable bonds is 7. The molecule has 0 amide bonds. The molecule has 1 rings (SSSR count). The highest BCUT2D eigenvalue weighted by molar-refractivity contribution is 5.25. The van der Waals surface area contributed by atoms with Crippen LogP contribution in [0, 0.1) is 11.3 Å². The van der Waals surface area contributed by atoms with Gasteiger partial charge in [0.05, 0.1) is 12.0 Å². The summed E-state index contributed by atoms with van der Waals surface area (Å²) in [4.78, 5) is 2.37. The number of benzene rings is 1. The molecule has 17 heavy (non-hydrogen) atoms. The van der Waals surface area contributed by atoms with Gasteiger partial charge in [0.25, 0.3) is 0 Å². The van der Waals surface area contributed by atoms with E-state index in [1.165, 1.54) is 12.8 Å². The van der Waals surface area contributed by atoms with Crippen molar-refractivity contribution in [2.24, 2.45) is 0 Å². The second-order valence-electron chi connectivity index (χ2n) is 4.34. The lowest BCUT2D eigenvalue weighted by molar-refractivity contribution is 0.278. The van der Waals surface area contributed by atoms with Gasteiger partial charge in [-0.05, 0) is 25.1 Å². The molecule has 1 atom stereocenters. The molecule has 0 radical (unpaired) electrons.